The van der Waals surface area contributed by atoms with E-state index < -0.39 is 10.0 Å². The van der Waals surface area contributed by atoms with Gasteiger partial charge in [-0.15, -0.1) is 0 Å². The Morgan fingerprint density at radius 3 is 2.56 bits per heavy atom. The summed E-state index contributed by atoms with van der Waals surface area (Å²) in [6, 6.07) is 11.2. The van der Waals surface area contributed by atoms with Crippen molar-refractivity contribution in [2.24, 2.45) is 5.14 Å². The van der Waals surface area contributed by atoms with Gasteiger partial charge in [0.1, 0.15) is 10.8 Å². The Balaban J connectivity index is 1.56. The number of halogens is 1. The van der Waals surface area contributed by atoms with Crippen LogP contribution < -0.4 is 25.4 Å². The number of amides is 1. The molecule has 12 heteroatoms. The van der Waals surface area contributed by atoms with E-state index in [1.165, 1.54) is 18.3 Å². The predicted octanol–water partition coefficient (Wildman–Crippen LogP) is 3.01. The van der Waals surface area contributed by atoms with Crippen LogP contribution in [0.15, 0.2) is 53.6 Å². The highest BCUT2D eigenvalue weighted by atomic mass is 35.5. The summed E-state index contributed by atoms with van der Waals surface area (Å²) < 4.78 is 28.3. The van der Waals surface area contributed by atoms with E-state index in [1.807, 2.05) is 6.92 Å². The molecule has 0 saturated carbocycles. The smallest absolute Gasteiger partial charge is 0.265 e. The van der Waals surface area contributed by atoms with Crippen molar-refractivity contribution in [3.05, 3.63) is 53.7 Å². The van der Waals surface area contributed by atoms with Crippen molar-refractivity contribution in [2.75, 3.05) is 28.7 Å². The minimum Gasteiger partial charge on any atom is -0.482 e. The van der Waals surface area contributed by atoms with Crippen molar-refractivity contribution < 1.29 is 17.9 Å². The van der Waals surface area contributed by atoms with Crippen molar-refractivity contribution in [3.63, 3.8) is 0 Å². The third kappa shape index (κ3) is 4.59. The van der Waals surface area contributed by atoms with Crippen molar-refractivity contribution in [1.82, 2.24) is 9.97 Å². The van der Waals surface area contributed by atoms with Crippen LogP contribution in [0, 0.1) is 0 Å². The molecule has 3 aromatic rings. The molecule has 1 amide bonds. The Kier molecular flexibility index (Phi) is 5.87. The van der Waals surface area contributed by atoms with Crippen LogP contribution in [0.2, 0.25) is 5.02 Å². The molecule has 2 heterocycles. The molecule has 1 aromatic heterocycles. The maximum atomic E-state index is 12.1. The molecule has 0 unspecified atom stereocenters. The molecule has 10 nitrogen and oxygen atoms in total. The van der Waals surface area contributed by atoms with Crippen molar-refractivity contribution >= 4 is 56.4 Å². The second-order valence-electron chi connectivity index (χ2n) is 6.82. The van der Waals surface area contributed by atoms with Gasteiger partial charge in [-0.2, -0.15) is 4.98 Å². The lowest BCUT2D eigenvalue weighted by Gasteiger charge is -2.28. The average molecular weight is 475 g/mol. The quantitative estimate of drug-likeness (QED) is 0.495. The molecule has 0 atom stereocenters. The van der Waals surface area contributed by atoms with E-state index >= 15 is 0 Å². The molecule has 2 aromatic carbocycles. The Morgan fingerprint density at radius 1 is 1.16 bits per heavy atom. The molecule has 32 heavy (non-hydrogen) atoms. The first-order valence-electron chi connectivity index (χ1n) is 9.51. The number of ether oxygens (including phenoxy) is 1. The fraction of sp³-hybridized carbons (Fsp3) is 0.150. The number of hydrogen-bond donors (Lipinski definition) is 3. The third-order valence-corrected chi connectivity index (χ3v) is 5.87. The Labute approximate surface area is 189 Å². The minimum absolute atomic E-state index is 0.00146. The monoisotopic (exact) mass is 474 g/mol. The molecule has 0 fully saturated rings. The first-order valence-corrected chi connectivity index (χ1v) is 11.4. The van der Waals surface area contributed by atoms with Gasteiger partial charge in [-0.1, -0.05) is 11.6 Å². The van der Waals surface area contributed by atoms with Gasteiger partial charge in [-0.25, -0.2) is 18.5 Å². The van der Waals surface area contributed by atoms with E-state index in [-0.39, 0.29) is 28.4 Å². The second-order valence-corrected chi connectivity index (χ2v) is 8.79. The van der Waals surface area contributed by atoms with Crippen LogP contribution in [-0.2, 0) is 14.8 Å². The minimum atomic E-state index is -3.78. The summed E-state index contributed by atoms with van der Waals surface area (Å²) in [5.41, 5.74) is 1.88. The molecule has 0 bridgehead atoms. The van der Waals surface area contributed by atoms with Crippen molar-refractivity contribution in [2.45, 2.75) is 11.8 Å². The molecule has 0 spiro atoms. The number of nitrogens with one attached hydrogen (secondary N) is 2. The van der Waals surface area contributed by atoms with E-state index in [0.29, 0.717) is 35.2 Å². The number of carbonyl (C=O) groups is 1. The third-order valence-electron chi connectivity index (χ3n) is 4.66. The number of sulfonamides is 1. The predicted molar refractivity (Wildman–Crippen MR) is 121 cm³/mol. The number of benzene rings is 2. The van der Waals surface area contributed by atoms with Gasteiger partial charge in [-0.05, 0) is 49.4 Å². The number of nitrogens with zero attached hydrogens (tertiary/aromatic N) is 3. The van der Waals surface area contributed by atoms with Gasteiger partial charge < -0.3 is 20.3 Å². The summed E-state index contributed by atoms with van der Waals surface area (Å²) in [5, 5.41) is 11.5. The second kappa shape index (κ2) is 8.61. The van der Waals surface area contributed by atoms with E-state index in [1.54, 1.807) is 35.2 Å². The zero-order valence-electron chi connectivity index (χ0n) is 16.9. The van der Waals surface area contributed by atoms with Crippen LogP contribution in [-0.4, -0.2) is 37.4 Å². The molecule has 0 aliphatic carbocycles. The van der Waals surface area contributed by atoms with Crippen molar-refractivity contribution in [3.8, 4) is 5.75 Å². The zero-order chi connectivity index (χ0) is 22.9. The number of carbonyl (C=O) groups excluding carboxylic acids is 1. The summed E-state index contributed by atoms with van der Waals surface area (Å²) in [7, 11) is -3.78. The van der Waals surface area contributed by atoms with E-state index in [4.69, 9.17) is 21.5 Å². The maximum Gasteiger partial charge on any atom is 0.265 e. The first-order chi connectivity index (χ1) is 15.2. The maximum absolute atomic E-state index is 12.1. The lowest BCUT2D eigenvalue weighted by Crippen LogP contribution is -2.38. The van der Waals surface area contributed by atoms with Crippen LogP contribution in [0.1, 0.15) is 6.92 Å². The number of rotatable bonds is 6. The molecule has 1 aliphatic heterocycles. The molecular formula is C20H19ClN6O4S. The lowest BCUT2D eigenvalue weighted by atomic mass is 10.2. The highest BCUT2D eigenvalue weighted by molar-refractivity contribution is 7.89. The van der Waals surface area contributed by atoms with Gasteiger partial charge in [-0.3, -0.25) is 4.79 Å². The molecule has 0 saturated heterocycles. The van der Waals surface area contributed by atoms with E-state index in [2.05, 4.69) is 20.6 Å². The highest BCUT2D eigenvalue weighted by Crippen LogP contribution is 2.36. The number of hydrogen-bond acceptors (Lipinski definition) is 8. The van der Waals surface area contributed by atoms with E-state index in [9.17, 15) is 13.2 Å². The Bertz CT molecular complexity index is 1280. The fourth-order valence-corrected chi connectivity index (χ4v) is 3.79. The number of nitrogens with two attached hydrogens (primary N) is 1. The topological polar surface area (TPSA) is 140 Å². The molecule has 166 valence electrons. The zero-order valence-corrected chi connectivity index (χ0v) is 18.4. The summed E-state index contributed by atoms with van der Waals surface area (Å²) in [4.78, 5) is 22.3. The average Bonchev–Trinajstić information content (AvgIpc) is 2.76. The summed E-state index contributed by atoms with van der Waals surface area (Å²) in [5.74, 6) is 1.09. The largest absolute Gasteiger partial charge is 0.482 e. The number of likely N-dealkylation sites (N-methyl/N-ethyl adjacent to an activating group) is 1. The van der Waals surface area contributed by atoms with Crippen molar-refractivity contribution in [1.29, 1.82) is 0 Å². The van der Waals surface area contributed by atoms with Crippen LogP contribution in [0.4, 0.5) is 28.8 Å². The summed E-state index contributed by atoms with van der Waals surface area (Å²) in [6.45, 7) is 2.42. The first kappa shape index (κ1) is 21.8. The van der Waals surface area contributed by atoms with Crippen LogP contribution >= 0.6 is 11.6 Å². The summed E-state index contributed by atoms with van der Waals surface area (Å²) >= 11 is 6.26. The van der Waals surface area contributed by atoms with Gasteiger partial charge in [0, 0.05) is 17.9 Å². The van der Waals surface area contributed by atoms with Gasteiger partial charge in [0.15, 0.2) is 12.4 Å². The van der Waals surface area contributed by atoms with Crippen LogP contribution in [0.3, 0.4) is 0 Å². The molecule has 4 N–H and O–H groups in total. The normalized spacial score (nSPS) is 13.3. The number of fused-ring (bicyclic) bond motifs is 1. The number of primary sulfonamides is 1. The van der Waals surface area contributed by atoms with E-state index in [0.717, 1.165) is 0 Å². The highest BCUT2D eigenvalue weighted by Gasteiger charge is 2.24. The molecule has 1 aliphatic rings. The molecule has 4 rings (SSSR count). The van der Waals surface area contributed by atoms with Gasteiger partial charge in [0.2, 0.25) is 16.0 Å². The number of anilines is 5. The lowest BCUT2D eigenvalue weighted by molar-refractivity contribution is -0.121. The Hall–Kier alpha value is -3.41. The van der Waals surface area contributed by atoms with Gasteiger partial charge >= 0.3 is 0 Å². The molecular weight excluding hydrogens is 456 g/mol. The number of aromatic nitrogens is 2. The van der Waals surface area contributed by atoms with Crippen LogP contribution in [0.5, 0.6) is 5.75 Å². The Morgan fingerprint density at radius 2 is 1.88 bits per heavy atom. The van der Waals surface area contributed by atoms with Crippen LogP contribution in [0.25, 0.3) is 0 Å². The fourth-order valence-electron chi connectivity index (χ4n) is 3.14. The molecule has 0 radical (unpaired) electrons. The SMILES string of the molecule is CCN1C(=O)COc2ccc(Nc3nc(Nc4ccc(S(N)(=O)=O)cc4)ncc3Cl)cc21. The van der Waals surface area contributed by atoms with Gasteiger partial charge in [0.05, 0.1) is 16.8 Å². The standard InChI is InChI=1S/C20H19ClN6O4S/c1-2-27-16-9-13(5-8-17(16)31-11-18(27)28)24-19-15(21)10-23-20(26-19)25-12-3-6-14(7-4-12)32(22,29)30/h3-10H,2,11H2,1H3,(H2,22,29,30)(H2,23,24,25,26). The van der Waals surface area contributed by atoms with Gasteiger partial charge in [0.25, 0.3) is 5.91 Å². The summed E-state index contributed by atoms with van der Waals surface area (Å²) in [6.07, 6.45) is 1.43.